The van der Waals surface area contributed by atoms with Crippen molar-refractivity contribution < 1.29 is 4.79 Å². The van der Waals surface area contributed by atoms with E-state index in [1.807, 2.05) is 24.3 Å². The maximum Gasteiger partial charge on any atom is 0.234 e. The molecule has 0 aromatic heterocycles. The van der Waals surface area contributed by atoms with Crippen molar-refractivity contribution in [3.63, 3.8) is 0 Å². The van der Waals surface area contributed by atoms with Crippen LogP contribution in [0.3, 0.4) is 0 Å². The van der Waals surface area contributed by atoms with Crippen molar-refractivity contribution in [1.29, 1.82) is 5.26 Å². The van der Waals surface area contributed by atoms with Crippen molar-refractivity contribution in [2.24, 2.45) is 17.6 Å². The lowest BCUT2D eigenvalue weighted by Gasteiger charge is -2.37. The zero-order chi connectivity index (χ0) is 16.9. The van der Waals surface area contributed by atoms with Gasteiger partial charge in [0.2, 0.25) is 5.91 Å². The summed E-state index contributed by atoms with van der Waals surface area (Å²) in [6, 6.07) is 10.00. The molecule has 2 aliphatic heterocycles. The Morgan fingerprint density at radius 3 is 2.71 bits per heavy atom. The molecule has 0 saturated carbocycles. The van der Waals surface area contributed by atoms with Crippen molar-refractivity contribution in [1.82, 2.24) is 5.32 Å². The van der Waals surface area contributed by atoms with E-state index in [9.17, 15) is 10.1 Å². The molecule has 2 unspecified atom stereocenters. The van der Waals surface area contributed by atoms with Crippen LogP contribution in [-0.4, -0.2) is 31.6 Å². The van der Waals surface area contributed by atoms with Crippen molar-refractivity contribution in [3.8, 4) is 6.07 Å². The lowest BCUT2D eigenvalue weighted by Crippen LogP contribution is -2.47. The van der Waals surface area contributed by atoms with Gasteiger partial charge >= 0.3 is 0 Å². The van der Waals surface area contributed by atoms with E-state index in [1.165, 1.54) is 6.42 Å². The largest absolute Gasteiger partial charge is 0.370 e. The molecule has 0 bridgehead atoms. The van der Waals surface area contributed by atoms with Crippen molar-refractivity contribution in [2.45, 2.75) is 38.1 Å². The molecule has 2 heterocycles. The number of nitriles is 1. The zero-order valence-electron chi connectivity index (χ0n) is 14.1. The average Bonchev–Trinajstić information content (AvgIpc) is 2.62. The molecule has 5 heteroatoms. The van der Waals surface area contributed by atoms with E-state index in [2.05, 4.69) is 16.3 Å². The smallest absolute Gasteiger partial charge is 0.234 e. The average molecular weight is 326 g/mol. The summed E-state index contributed by atoms with van der Waals surface area (Å²) < 4.78 is 0. The number of primary amides is 1. The number of rotatable bonds is 4. The number of benzene rings is 1. The summed E-state index contributed by atoms with van der Waals surface area (Å²) in [6.45, 7) is 2.91. The number of hydrogen-bond acceptors (Lipinski definition) is 4. The number of carbonyl (C=O) groups excluding carboxylic acids is 1. The van der Waals surface area contributed by atoms with Gasteiger partial charge in [0.15, 0.2) is 0 Å². The highest BCUT2D eigenvalue weighted by molar-refractivity contribution is 5.79. The molecule has 24 heavy (non-hydrogen) atoms. The Kier molecular flexibility index (Phi) is 5.37. The molecule has 1 aromatic carbocycles. The van der Waals surface area contributed by atoms with Gasteiger partial charge in [0.05, 0.1) is 17.3 Å². The molecule has 1 amide bonds. The predicted molar refractivity (Wildman–Crippen MR) is 94.4 cm³/mol. The van der Waals surface area contributed by atoms with E-state index in [-0.39, 0.29) is 11.9 Å². The molecule has 3 rings (SSSR count). The topological polar surface area (TPSA) is 82.2 Å². The second-order valence-electron chi connectivity index (χ2n) is 7.09. The highest BCUT2D eigenvalue weighted by atomic mass is 16.1. The molecule has 128 valence electrons. The first-order valence-electron chi connectivity index (χ1n) is 8.94. The highest BCUT2D eigenvalue weighted by Gasteiger charge is 2.29. The monoisotopic (exact) mass is 326 g/mol. The van der Waals surface area contributed by atoms with Gasteiger partial charge in [-0.05, 0) is 62.6 Å². The SMILES string of the molecule is N#Cc1ccccc1N1CCC(CC2CCNC(C(N)=O)C2)CC1. The molecule has 0 aliphatic carbocycles. The van der Waals surface area contributed by atoms with E-state index in [1.54, 1.807) is 0 Å². The van der Waals surface area contributed by atoms with E-state index >= 15 is 0 Å². The lowest BCUT2D eigenvalue weighted by molar-refractivity contribution is -0.120. The van der Waals surface area contributed by atoms with Gasteiger partial charge in [0.1, 0.15) is 6.07 Å². The number of anilines is 1. The van der Waals surface area contributed by atoms with Crippen LogP contribution in [0.25, 0.3) is 0 Å². The van der Waals surface area contributed by atoms with Gasteiger partial charge in [-0.2, -0.15) is 5.26 Å². The third kappa shape index (κ3) is 3.88. The van der Waals surface area contributed by atoms with Crippen LogP contribution in [0.15, 0.2) is 24.3 Å². The van der Waals surface area contributed by atoms with Gasteiger partial charge in [0, 0.05) is 13.1 Å². The van der Waals surface area contributed by atoms with Crippen LogP contribution >= 0.6 is 0 Å². The van der Waals surface area contributed by atoms with Gasteiger partial charge in [-0.1, -0.05) is 12.1 Å². The highest BCUT2D eigenvalue weighted by Crippen LogP contribution is 2.32. The number of piperidine rings is 2. The Hall–Kier alpha value is -2.06. The van der Waals surface area contributed by atoms with Crippen LogP contribution < -0.4 is 16.0 Å². The summed E-state index contributed by atoms with van der Waals surface area (Å²) >= 11 is 0. The molecule has 2 aliphatic rings. The minimum atomic E-state index is -0.220. The molecule has 3 N–H and O–H groups in total. The molecular formula is C19H26N4O. The summed E-state index contributed by atoms with van der Waals surface area (Å²) in [6.07, 6.45) is 5.53. The van der Waals surface area contributed by atoms with Gasteiger partial charge in [0.25, 0.3) is 0 Å². The van der Waals surface area contributed by atoms with Gasteiger partial charge in [-0.25, -0.2) is 0 Å². The molecule has 1 aromatic rings. The normalized spacial score (nSPS) is 25.2. The fraction of sp³-hybridized carbons (Fsp3) is 0.579. The van der Waals surface area contributed by atoms with Gasteiger partial charge in [-0.3, -0.25) is 4.79 Å². The zero-order valence-corrected chi connectivity index (χ0v) is 14.1. The summed E-state index contributed by atoms with van der Waals surface area (Å²) in [5.41, 5.74) is 7.26. The first-order chi connectivity index (χ1) is 11.7. The van der Waals surface area contributed by atoms with E-state index in [0.29, 0.717) is 11.8 Å². The summed E-state index contributed by atoms with van der Waals surface area (Å²) in [4.78, 5) is 13.7. The summed E-state index contributed by atoms with van der Waals surface area (Å²) in [5.74, 6) is 1.10. The van der Waals surface area contributed by atoms with Crippen molar-refractivity contribution in [3.05, 3.63) is 29.8 Å². The fourth-order valence-corrected chi connectivity index (χ4v) is 4.15. The number of amides is 1. The van der Waals surface area contributed by atoms with E-state index < -0.39 is 0 Å². The number of nitrogens with one attached hydrogen (secondary N) is 1. The van der Waals surface area contributed by atoms with Crippen LogP contribution in [0.4, 0.5) is 5.69 Å². The third-order valence-corrected chi connectivity index (χ3v) is 5.50. The Bertz CT molecular complexity index is 616. The van der Waals surface area contributed by atoms with Crippen LogP contribution in [0.5, 0.6) is 0 Å². The second-order valence-corrected chi connectivity index (χ2v) is 7.09. The van der Waals surface area contributed by atoms with Crippen molar-refractivity contribution >= 4 is 11.6 Å². The molecule has 2 saturated heterocycles. The van der Waals surface area contributed by atoms with Crippen LogP contribution in [0.1, 0.15) is 37.7 Å². The Labute approximate surface area is 143 Å². The maximum absolute atomic E-state index is 11.4. The number of hydrogen-bond donors (Lipinski definition) is 2. The minimum Gasteiger partial charge on any atom is -0.370 e. The lowest BCUT2D eigenvalue weighted by atomic mass is 9.81. The standard InChI is InChI=1S/C19H26N4O/c20-13-16-3-1-2-4-18(16)23-9-6-14(7-10-23)11-15-5-8-22-17(12-15)19(21)24/h1-4,14-15,17,22H,5-12H2,(H2,21,24). The van der Waals surface area contributed by atoms with Crippen LogP contribution in [0, 0.1) is 23.2 Å². The summed E-state index contributed by atoms with van der Waals surface area (Å²) in [7, 11) is 0. The number of para-hydroxylation sites is 1. The Morgan fingerprint density at radius 2 is 2.00 bits per heavy atom. The molecule has 0 radical (unpaired) electrons. The van der Waals surface area contributed by atoms with Gasteiger partial charge < -0.3 is 16.0 Å². The number of nitrogens with two attached hydrogens (primary N) is 1. The Morgan fingerprint density at radius 1 is 1.25 bits per heavy atom. The third-order valence-electron chi connectivity index (χ3n) is 5.50. The first kappa shape index (κ1) is 16.8. The molecule has 2 atom stereocenters. The van der Waals surface area contributed by atoms with Crippen molar-refractivity contribution in [2.75, 3.05) is 24.5 Å². The number of carbonyl (C=O) groups is 1. The van der Waals surface area contributed by atoms with Crippen LogP contribution in [-0.2, 0) is 4.79 Å². The number of nitrogens with zero attached hydrogens (tertiary/aromatic N) is 2. The molecule has 2 fully saturated rings. The molecular weight excluding hydrogens is 300 g/mol. The fourth-order valence-electron chi connectivity index (χ4n) is 4.15. The van der Waals surface area contributed by atoms with E-state index in [0.717, 1.165) is 56.6 Å². The molecule has 5 nitrogen and oxygen atoms in total. The first-order valence-corrected chi connectivity index (χ1v) is 8.94. The maximum atomic E-state index is 11.4. The van der Waals surface area contributed by atoms with E-state index in [4.69, 9.17) is 5.73 Å². The van der Waals surface area contributed by atoms with Gasteiger partial charge in [-0.15, -0.1) is 0 Å². The minimum absolute atomic E-state index is 0.147. The summed E-state index contributed by atoms with van der Waals surface area (Å²) in [5, 5.41) is 12.5. The quantitative estimate of drug-likeness (QED) is 0.887. The second kappa shape index (κ2) is 7.67. The Balaban J connectivity index is 1.52. The predicted octanol–water partition coefficient (Wildman–Crippen LogP) is 2.02. The molecule has 0 spiro atoms. The van der Waals surface area contributed by atoms with Crippen LogP contribution in [0.2, 0.25) is 0 Å².